The third-order valence-corrected chi connectivity index (χ3v) is 1.56. The minimum atomic E-state index is -2.28. The number of hydrogen-bond donors (Lipinski definition) is 1. The fourth-order valence-electron chi connectivity index (χ4n) is 1.12. The maximum absolute atomic E-state index is 12.0. The van der Waals surface area contributed by atoms with Gasteiger partial charge in [-0.25, -0.2) is 8.78 Å². The first-order valence-electron chi connectivity index (χ1n) is 4.12. The summed E-state index contributed by atoms with van der Waals surface area (Å²) in [5.41, 5.74) is 0. The van der Waals surface area contributed by atoms with Gasteiger partial charge in [-0.2, -0.15) is 0 Å². The van der Waals surface area contributed by atoms with Gasteiger partial charge in [0.05, 0.1) is 6.04 Å². The molecule has 0 rings (SSSR count). The first-order chi connectivity index (χ1) is 5.43. The van der Waals surface area contributed by atoms with E-state index in [0.29, 0.717) is 0 Å². The van der Waals surface area contributed by atoms with Gasteiger partial charge >= 0.3 is 0 Å². The molecule has 0 aliphatic rings. The van der Waals surface area contributed by atoms with E-state index in [9.17, 15) is 8.78 Å². The average Bonchev–Trinajstić information content (AvgIpc) is 1.84. The molecule has 2 nitrogen and oxygen atoms in total. The van der Waals surface area contributed by atoms with Crippen LogP contribution in [-0.4, -0.2) is 44.0 Å². The lowest BCUT2D eigenvalue weighted by molar-refractivity contribution is 0.0987. The molecule has 0 saturated heterocycles. The lowest BCUT2D eigenvalue weighted by atomic mass is 10.2. The van der Waals surface area contributed by atoms with Crippen LogP contribution in [0.1, 0.15) is 13.8 Å². The molecule has 74 valence electrons. The van der Waals surface area contributed by atoms with Gasteiger partial charge in [0.1, 0.15) is 0 Å². The smallest absolute Gasteiger partial charge is 0.253 e. The van der Waals surface area contributed by atoms with Gasteiger partial charge in [-0.05, 0) is 27.9 Å². The highest BCUT2D eigenvalue weighted by molar-refractivity contribution is 4.70. The minimum Gasteiger partial charge on any atom is -0.308 e. The van der Waals surface area contributed by atoms with Gasteiger partial charge in [0.15, 0.2) is 0 Å². The van der Waals surface area contributed by atoms with Crippen LogP contribution in [0, 0.1) is 0 Å². The highest BCUT2D eigenvalue weighted by Gasteiger charge is 2.16. The van der Waals surface area contributed by atoms with Crippen LogP contribution in [-0.2, 0) is 0 Å². The molecule has 12 heavy (non-hydrogen) atoms. The maximum Gasteiger partial charge on any atom is 0.253 e. The zero-order chi connectivity index (χ0) is 9.72. The van der Waals surface area contributed by atoms with Crippen molar-refractivity contribution in [3.63, 3.8) is 0 Å². The molecule has 0 aromatic carbocycles. The summed E-state index contributed by atoms with van der Waals surface area (Å²) in [6.07, 6.45) is -2.28. The molecule has 0 heterocycles. The lowest BCUT2D eigenvalue weighted by Crippen LogP contribution is -2.43. The predicted octanol–water partition coefficient (Wildman–Crippen LogP) is 1.18. The van der Waals surface area contributed by atoms with Crippen LogP contribution in [0.4, 0.5) is 8.78 Å². The van der Waals surface area contributed by atoms with Crippen LogP contribution in [0.5, 0.6) is 0 Å². The Hall–Kier alpha value is -0.220. The Labute approximate surface area is 72.9 Å². The Bertz CT molecular complexity index is 118. The molecular formula is C8H18F2N2. The van der Waals surface area contributed by atoms with Gasteiger partial charge < -0.3 is 10.2 Å². The van der Waals surface area contributed by atoms with Crippen LogP contribution in [0.3, 0.4) is 0 Å². The van der Waals surface area contributed by atoms with E-state index < -0.39 is 12.5 Å². The summed E-state index contributed by atoms with van der Waals surface area (Å²) in [4.78, 5) is 1.97. The third-order valence-electron chi connectivity index (χ3n) is 1.56. The van der Waals surface area contributed by atoms with Gasteiger partial charge in [-0.1, -0.05) is 0 Å². The molecule has 0 radical (unpaired) electrons. The Morgan fingerprint density at radius 3 is 2.08 bits per heavy atom. The van der Waals surface area contributed by atoms with Crippen molar-refractivity contribution in [1.82, 2.24) is 10.2 Å². The monoisotopic (exact) mass is 180 g/mol. The Morgan fingerprint density at radius 1 is 1.25 bits per heavy atom. The number of halogens is 2. The standard InChI is InChI=1S/C8H18F2N2/c1-6(5-12(3)4)11-7(2)8(9)10/h6-8,11H,5H2,1-4H3. The van der Waals surface area contributed by atoms with Crippen LogP contribution in [0.25, 0.3) is 0 Å². The van der Waals surface area contributed by atoms with Gasteiger partial charge in [-0.3, -0.25) is 0 Å². The van der Waals surface area contributed by atoms with E-state index in [2.05, 4.69) is 5.32 Å². The first-order valence-corrected chi connectivity index (χ1v) is 4.12. The van der Waals surface area contributed by atoms with E-state index in [1.54, 1.807) is 0 Å². The predicted molar refractivity (Wildman–Crippen MR) is 46.6 cm³/mol. The van der Waals surface area contributed by atoms with Crippen molar-refractivity contribution in [3.8, 4) is 0 Å². The number of alkyl halides is 2. The lowest BCUT2D eigenvalue weighted by Gasteiger charge is -2.22. The van der Waals surface area contributed by atoms with Gasteiger partial charge in [0, 0.05) is 12.6 Å². The highest BCUT2D eigenvalue weighted by Crippen LogP contribution is 2.00. The summed E-state index contributed by atoms with van der Waals surface area (Å²) in [5.74, 6) is 0. The summed E-state index contributed by atoms with van der Waals surface area (Å²) in [6.45, 7) is 4.17. The van der Waals surface area contributed by atoms with Gasteiger partial charge in [0.2, 0.25) is 0 Å². The molecule has 0 saturated carbocycles. The second-order valence-electron chi connectivity index (χ2n) is 3.45. The molecular weight excluding hydrogens is 162 g/mol. The summed E-state index contributed by atoms with van der Waals surface area (Å²) in [6, 6.07) is -0.621. The zero-order valence-electron chi connectivity index (χ0n) is 8.14. The molecule has 1 N–H and O–H groups in total. The Balaban J connectivity index is 3.61. The van der Waals surface area contributed by atoms with E-state index in [-0.39, 0.29) is 6.04 Å². The van der Waals surface area contributed by atoms with E-state index in [1.165, 1.54) is 6.92 Å². The van der Waals surface area contributed by atoms with Crippen LogP contribution >= 0.6 is 0 Å². The van der Waals surface area contributed by atoms with Crippen molar-refractivity contribution in [2.24, 2.45) is 0 Å². The summed E-state index contributed by atoms with van der Waals surface area (Å²) >= 11 is 0. The Kier molecular flexibility index (Phi) is 5.33. The van der Waals surface area contributed by atoms with Crippen LogP contribution in [0.2, 0.25) is 0 Å². The van der Waals surface area contributed by atoms with Crippen molar-refractivity contribution in [3.05, 3.63) is 0 Å². The average molecular weight is 180 g/mol. The molecule has 0 spiro atoms. The zero-order valence-corrected chi connectivity index (χ0v) is 8.14. The van der Waals surface area contributed by atoms with E-state index in [0.717, 1.165) is 6.54 Å². The van der Waals surface area contributed by atoms with Gasteiger partial charge in [0.25, 0.3) is 6.43 Å². The van der Waals surface area contributed by atoms with E-state index in [4.69, 9.17) is 0 Å². The number of nitrogens with zero attached hydrogens (tertiary/aromatic N) is 1. The van der Waals surface area contributed by atoms with Crippen molar-refractivity contribution in [2.45, 2.75) is 32.4 Å². The number of nitrogens with one attached hydrogen (secondary N) is 1. The topological polar surface area (TPSA) is 15.3 Å². The molecule has 0 aliphatic heterocycles. The Morgan fingerprint density at radius 2 is 1.75 bits per heavy atom. The number of hydrogen-bond acceptors (Lipinski definition) is 2. The van der Waals surface area contributed by atoms with Crippen molar-refractivity contribution < 1.29 is 8.78 Å². The minimum absolute atomic E-state index is 0.101. The van der Waals surface area contributed by atoms with Crippen molar-refractivity contribution in [2.75, 3.05) is 20.6 Å². The maximum atomic E-state index is 12.0. The van der Waals surface area contributed by atoms with Gasteiger partial charge in [-0.15, -0.1) is 0 Å². The molecule has 0 aliphatic carbocycles. The highest BCUT2D eigenvalue weighted by atomic mass is 19.3. The SMILES string of the molecule is CC(CN(C)C)NC(C)C(F)F. The van der Waals surface area contributed by atoms with Crippen molar-refractivity contribution >= 4 is 0 Å². The summed E-state index contributed by atoms with van der Waals surface area (Å²) < 4.78 is 24.1. The molecule has 0 aromatic rings. The summed E-state index contributed by atoms with van der Waals surface area (Å²) in [7, 11) is 3.84. The van der Waals surface area contributed by atoms with E-state index in [1.807, 2.05) is 25.9 Å². The molecule has 0 fully saturated rings. The fraction of sp³-hybridized carbons (Fsp3) is 1.00. The molecule has 2 atom stereocenters. The third kappa shape index (κ3) is 5.43. The second kappa shape index (κ2) is 5.43. The number of rotatable bonds is 5. The molecule has 0 aromatic heterocycles. The largest absolute Gasteiger partial charge is 0.308 e. The van der Waals surface area contributed by atoms with Crippen molar-refractivity contribution in [1.29, 1.82) is 0 Å². The first kappa shape index (κ1) is 11.8. The van der Waals surface area contributed by atoms with Crippen LogP contribution in [0.15, 0.2) is 0 Å². The quantitative estimate of drug-likeness (QED) is 0.683. The second-order valence-corrected chi connectivity index (χ2v) is 3.45. The van der Waals surface area contributed by atoms with Crippen LogP contribution < -0.4 is 5.32 Å². The molecule has 2 unspecified atom stereocenters. The fourth-order valence-corrected chi connectivity index (χ4v) is 1.12. The van der Waals surface area contributed by atoms with E-state index >= 15 is 0 Å². The molecule has 4 heteroatoms. The summed E-state index contributed by atoms with van der Waals surface area (Å²) in [5, 5.41) is 2.82. The number of likely N-dealkylation sites (N-methyl/N-ethyl adjacent to an activating group) is 1. The molecule has 0 amide bonds. The normalized spacial score (nSPS) is 17.0. The molecule has 0 bridgehead atoms.